The zero-order valence-corrected chi connectivity index (χ0v) is 9.56. The molecule has 0 aliphatic heterocycles. The van der Waals surface area contributed by atoms with Gasteiger partial charge in [-0.2, -0.15) is 0 Å². The predicted octanol–water partition coefficient (Wildman–Crippen LogP) is 0.944. The van der Waals surface area contributed by atoms with Gasteiger partial charge >= 0.3 is 0 Å². The minimum absolute atomic E-state index is 0.0712. The molecule has 4 nitrogen and oxygen atoms in total. The number of hydrogen-bond acceptors (Lipinski definition) is 3. The Morgan fingerprint density at radius 2 is 2.19 bits per heavy atom. The van der Waals surface area contributed by atoms with Crippen LogP contribution in [0.2, 0.25) is 0 Å². The molecule has 1 atom stereocenters. The van der Waals surface area contributed by atoms with E-state index in [4.69, 9.17) is 9.84 Å². The number of aliphatic hydroxyl groups is 1. The van der Waals surface area contributed by atoms with E-state index in [1.807, 2.05) is 12.1 Å². The predicted molar refractivity (Wildman–Crippen MR) is 61.2 cm³/mol. The van der Waals surface area contributed by atoms with Crippen molar-refractivity contribution < 1.29 is 14.6 Å². The molecule has 0 aliphatic carbocycles. The fourth-order valence-electron chi connectivity index (χ4n) is 1.37. The number of hydrogen-bond donors (Lipinski definition) is 2. The maximum atomic E-state index is 11.8. The third-order valence-corrected chi connectivity index (χ3v) is 2.21. The number of aliphatic hydroxyl groups excluding tert-OH is 1. The zero-order chi connectivity index (χ0) is 12.0. The third-order valence-electron chi connectivity index (χ3n) is 2.21. The lowest BCUT2D eigenvalue weighted by atomic mass is 10.1. The van der Waals surface area contributed by atoms with Crippen LogP contribution in [0, 0.1) is 0 Å². The first-order valence-electron chi connectivity index (χ1n) is 5.17. The van der Waals surface area contributed by atoms with Crippen LogP contribution in [0.3, 0.4) is 0 Å². The average Bonchev–Trinajstić information content (AvgIpc) is 2.30. The quantitative estimate of drug-likeness (QED) is 0.781. The summed E-state index contributed by atoms with van der Waals surface area (Å²) in [5, 5.41) is 11.6. The van der Waals surface area contributed by atoms with Crippen molar-refractivity contribution in [3.05, 3.63) is 35.4 Å². The molecule has 0 saturated carbocycles. The first-order valence-corrected chi connectivity index (χ1v) is 5.17. The second kappa shape index (κ2) is 6.25. The van der Waals surface area contributed by atoms with Crippen molar-refractivity contribution in [1.29, 1.82) is 0 Å². The Hall–Kier alpha value is -1.39. The smallest absolute Gasteiger partial charge is 0.251 e. The van der Waals surface area contributed by atoms with Crippen LogP contribution < -0.4 is 5.32 Å². The Bertz CT molecular complexity index is 352. The highest BCUT2D eigenvalue weighted by Gasteiger charge is 2.12. The standard InChI is InChI=1S/C12H17NO3/c1-9(7-14)13-12(15)11-6-4-3-5-10(11)8-16-2/h3-6,9,14H,7-8H2,1-2H3,(H,13,15)/t9-/m1/s1. The molecular weight excluding hydrogens is 206 g/mol. The number of amides is 1. The molecule has 0 heterocycles. The number of methoxy groups -OCH3 is 1. The van der Waals surface area contributed by atoms with E-state index >= 15 is 0 Å². The molecule has 1 aromatic carbocycles. The third kappa shape index (κ3) is 3.32. The molecule has 4 heteroatoms. The molecule has 0 radical (unpaired) electrons. The van der Waals surface area contributed by atoms with Crippen molar-refractivity contribution in [1.82, 2.24) is 5.32 Å². The van der Waals surface area contributed by atoms with Crippen molar-refractivity contribution in [2.45, 2.75) is 19.6 Å². The van der Waals surface area contributed by atoms with Gasteiger partial charge in [-0.3, -0.25) is 4.79 Å². The summed E-state index contributed by atoms with van der Waals surface area (Å²) >= 11 is 0. The van der Waals surface area contributed by atoms with Gasteiger partial charge in [-0.05, 0) is 18.6 Å². The van der Waals surface area contributed by atoms with Crippen LogP contribution in [-0.4, -0.2) is 30.8 Å². The SMILES string of the molecule is COCc1ccccc1C(=O)N[C@H](C)CO. The molecule has 1 aromatic rings. The van der Waals surface area contributed by atoms with Crippen LogP contribution in [0.4, 0.5) is 0 Å². The Morgan fingerprint density at radius 1 is 1.50 bits per heavy atom. The number of rotatable bonds is 5. The molecule has 1 amide bonds. The van der Waals surface area contributed by atoms with Gasteiger partial charge in [0, 0.05) is 18.7 Å². The van der Waals surface area contributed by atoms with Crippen LogP contribution in [-0.2, 0) is 11.3 Å². The minimum atomic E-state index is -0.247. The highest BCUT2D eigenvalue weighted by Crippen LogP contribution is 2.09. The largest absolute Gasteiger partial charge is 0.394 e. The normalized spacial score (nSPS) is 12.2. The zero-order valence-electron chi connectivity index (χ0n) is 9.56. The second-order valence-corrected chi connectivity index (χ2v) is 3.65. The van der Waals surface area contributed by atoms with Gasteiger partial charge < -0.3 is 15.2 Å². The van der Waals surface area contributed by atoms with Crippen LogP contribution in [0.25, 0.3) is 0 Å². The van der Waals surface area contributed by atoms with Crippen molar-refractivity contribution >= 4 is 5.91 Å². The second-order valence-electron chi connectivity index (χ2n) is 3.65. The Labute approximate surface area is 95.2 Å². The Balaban J connectivity index is 2.81. The van der Waals surface area contributed by atoms with Gasteiger partial charge in [0.05, 0.1) is 13.2 Å². The minimum Gasteiger partial charge on any atom is -0.394 e. The first kappa shape index (κ1) is 12.7. The number of benzene rings is 1. The summed E-state index contributed by atoms with van der Waals surface area (Å²) in [7, 11) is 1.59. The van der Waals surface area contributed by atoms with Crippen LogP contribution in [0.5, 0.6) is 0 Å². The van der Waals surface area contributed by atoms with Crippen LogP contribution in [0.15, 0.2) is 24.3 Å². The lowest BCUT2D eigenvalue weighted by Crippen LogP contribution is -2.35. The summed E-state index contributed by atoms with van der Waals surface area (Å²) in [5.74, 6) is -0.186. The Morgan fingerprint density at radius 3 is 2.81 bits per heavy atom. The highest BCUT2D eigenvalue weighted by atomic mass is 16.5. The molecule has 0 unspecified atom stereocenters. The highest BCUT2D eigenvalue weighted by molar-refractivity contribution is 5.95. The lowest BCUT2D eigenvalue weighted by molar-refractivity contribution is 0.0917. The Kier molecular flexibility index (Phi) is 4.95. The summed E-state index contributed by atoms with van der Waals surface area (Å²) in [4.78, 5) is 11.8. The molecule has 0 aliphatic rings. The number of carbonyl (C=O) groups is 1. The molecule has 1 rings (SSSR count). The van der Waals surface area contributed by atoms with E-state index in [2.05, 4.69) is 5.32 Å². The van der Waals surface area contributed by atoms with Gasteiger partial charge in [-0.15, -0.1) is 0 Å². The molecule has 0 aromatic heterocycles. The van der Waals surface area contributed by atoms with Crippen molar-refractivity contribution in [3.63, 3.8) is 0 Å². The molecule has 16 heavy (non-hydrogen) atoms. The fraction of sp³-hybridized carbons (Fsp3) is 0.417. The van der Waals surface area contributed by atoms with E-state index in [0.29, 0.717) is 12.2 Å². The summed E-state index contributed by atoms with van der Waals surface area (Å²) in [6.45, 7) is 2.08. The first-order chi connectivity index (χ1) is 7.69. The van der Waals surface area contributed by atoms with E-state index in [9.17, 15) is 4.79 Å². The van der Waals surface area contributed by atoms with Gasteiger partial charge in [-0.25, -0.2) is 0 Å². The van der Waals surface area contributed by atoms with Gasteiger partial charge in [0.2, 0.25) is 0 Å². The molecule has 0 bridgehead atoms. The molecule has 0 spiro atoms. The summed E-state index contributed by atoms with van der Waals surface area (Å²) in [5.41, 5.74) is 1.43. The van der Waals surface area contributed by atoms with E-state index in [-0.39, 0.29) is 18.6 Å². The number of ether oxygens (including phenoxy) is 1. The number of carbonyl (C=O) groups excluding carboxylic acids is 1. The lowest BCUT2D eigenvalue weighted by Gasteiger charge is -2.13. The maximum absolute atomic E-state index is 11.8. The molecule has 2 N–H and O–H groups in total. The van der Waals surface area contributed by atoms with E-state index in [1.54, 1.807) is 26.2 Å². The van der Waals surface area contributed by atoms with Gasteiger partial charge in [0.25, 0.3) is 5.91 Å². The molecular formula is C12H17NO3. The van der Waals surface area contributed by atoms with Crippen molar-refractivity contribution in [2.75, 3.05) is 13.7 Å². The van der Waals surface area contributed by atoms with Crippen LogP contribution >= 0.6 is 0 Å². The average molecular weight is 223 g/mol. The van der Waals surface area contributed by atoms with Crippen molar-refractivity contribution in [3.8, 4) is 0 Å². The maximum Gasteiger partial charge on any atom is 0.251 e. The molecule has 0 fully saturated rings. The number of nitrogens with one attached hydrogen (secondary N) is 1. The van der Waals surface area contributed by atoms with E-state index < -0.39 is 0 Å². The topological polar surface area (TPSA) is 58.6 Å². The summed E-state index contributed by atoms with van der Waals surface area (Å²) in [6.07, 6.45) is 0. The van der Waals surface area contributed by atoms with Gasteiger partial charge in [0.15, 0.2) is 0 Å². The van der Waals surface area contributed by atoms with Gasteiger partial charge in [0.1, 0.15) is 0 Å². The monoisotopic (exact) mass is 223 g/mol. The van der Waals surface area contributed by atoms with Crippen molar-refractivity contribution in [2.24, 2.45) is 0 Å². The van der Waals surface area contributed by atoms with E-state index in [0.717, 1.165) is 5.56 Å². The van der Waals surface area contributed by atoms with E-state index in [1.165, 1.54) is 0 Å². The van der Waals surface area contributed by atoms with Gasteiger partial charge in [-0.1, -0.05) is 18.2 Å². The molecule has 88 valence electrons. The summed E-state index contributed by atoms with van der Waals surface area (Å²) < 4.78 is 5.02. The summed E-state index contributed by atoms with van der Waals surface area (Å²) in [6, 6.07) is 7.01. The molecule has 0 saturated heterocycles. The van der Waals surface area contributed by atoms with Crippen LogP contribution in [0.1, 0.15) is 22.8 Å². The fourth-order valence-corrected chi connectivity index (χ4v) is 1.37.